The summed E-state index contributed by atoms with van der Waals surface area (Å²) in [6, 6.07) is 16.8. The van der Waals surface area contributed by atoms with Crippen molar-refractivity contribution in [2.45, 2.75) is 63.7 Å². The van der Waals surface area contributed by atoms with E-state index in [0.717, 1.165) is 4.57 Å². The Kier molecular flexibility index (Phi) is 18.2. The van der Waals surface area contributed by atoms with Crippen LogP contribution in [0.25, 0.3) is 4.85 Å². The molecule has 23 heteroatoms. The van der Waals surface area contributed by atoms with Crippen LogP contribution < -0.4 is 22.0 Å². The molecule has 0 aliphatic carbocycles. The molecule has 2 aromatic heterocycles. The van der Waals surface area contributed by atoms with Crippen LogP contribution in [0.3, 0.4) is 0 Å². The van der Waals surface area contributed by atoms with E-state index in [2.05, 4.69) is 25.4 Å². The molecule has 67 heavy (non-hydrogen) atoms. The molecule has 3 N–H and O–H groups in total. The van der Waals surface area contributed by atoms with Crippen molar-refractivity contribution in [2.24, 2.45) is 5.92 Å². The predicted octanol–water partition coefficient (Wildman–Crippen LogP) is 3.55. The van der Waals surface area contributed by atoms with E-state index in [-0.39, 0.29) is 44.6 Å². The van der Waals surface area contributed by atoms with E-state index >= 15 is 0 Å². The van der Waals surface area contributed by atoms with Crippen molar-refractivity contribution in [1.82, 2.24) is 19.1 Å². The second kappa shape index (κ2) is 24.0. The third-order valence-corrected chi connectivity index (χ3v) is 12.3. The van der Waals surface area contributed by atoms with E-state index in [9.17, 15) is 28.8 Å². The number of phosphoric acid groups is 1. The average Bonchev–Trinajstić information content (AvgIpc) is 3.83. The van der Waals surface area contributed by atoms with Crippen LogP contribution in [0.2, 0.25) is 0 Å². The number of rotatable bonds is 23. The Labute approximate surface area is 385 Å². The van der Waals surface area contributed by atoms with Gasteiger partial charge in [-0.25, -0.2) is 20.7 Å². The lowest BCUT2D eigenvalue weighted by Gasteiger charge is -2.28. The van der Waals surface area contributed by atoms with Gasteiger partial charge in [-0.3, -0.25) is 32.3 Å². The zero-order chi connectivity index (χ0) is 48.1. The maximum absolute atomic E-state index is 14.7. The Bertz CT molecular complexity index is 2510. The van der Waals surface area contributed by atoms with Gasteiger partial charge in [-0.1, -0.05) is 43.3 Å². The highest BCUT2D eigenvalue weighted by atomic mass is 31.2. The molecule has 22 nitrogen and oxygen atoms in total. The summed E-state index contributed by atoms with van der Waals surface area (Å²) in [5.74, 6) is -1.43. The summed E-state index contributed by atoms with van der Waals surface area (Å²) in [5.41, 5.74) is -0.0823. The van der Waals surface area contributed by atoms with Gasteiger partial charge in [-0.05, 0) is 38.1 Å². The van der Waals surface area contributed by atoms with Gasteiger partial charge in [-0.15, -0.1) is 0 Å². The number of nitrogens with zero attached hydrogens (tertiary/aromatic N) is 5. The molecule has 360 valence electrons. The summed E-state index contributed by atoms with van der Waals surface area (Å²) in [4.78, 5) is 64.6. The van der Waals surface area contributed by atoms with Crippen LogP contribution in [0, 0.1) is 26.3 Å². The van der Waals surface area contributed by atoms with E-state index in [1.807, 2.05) is 0 Å². The molecule has 9 atom stereocenters. The molecule has 2 aromatic carbocycles. The number of aryl methyl sites for hydroxylation is 2. The molecular formula is C44H54N7O15P. The minimum Gasteiger partial charge on any atom is -0.394 e. The zero-order valence-corrected chi connectivity index (χ0v) is 38.4. The fourth-order valence-corrected chi connectivity index (χ4v) is 8.70. The summed E-state index contributed by atoms with van der Waals surface area (Å²) in [6.07, 6.45) is -5.25. The Hall–Kier alpha value is -5.54. The second-order valence-corrected chi connectivity index (χ2v) is 17.0. The van der Waals surface area contributed by atoms with Crippen molar-refractivity contribution in [3.05, 3.63) is 128 Å². The van der Waals surface area contributed by atoms with Crippen LogP contribution in [-0.4, -0.2) is 134 Å². The van der Waals surface area contributed by atoms with Crippen LogP contribution in [0.4, 0.5) is 11.6 Å². The smallest absolute Gasteiger partial charge is 0.394 e. The molecule has 4 aromatic rings. The van der Waals surface area contributed by atoms with Crippen LogP contribution >= 0.6 is 7.82 Å². The lowest BCUT2D eigenvalue weighted by atomic mass is 10.0. The summed E-state index contributed by atoms with van der Waals surface area (Å²) in [6.45, 7) is 10.9. The van der Waals surface area contributed by atoms with Crippen molar-refractivity contribution in [1.29, 1.82) is 0 Å². The van der Waals surface area contributed by atoms with Crippen LogP contribution in [0.15, 0.2) is 82.6 Å². The molecule has 4 heterocycles. The van der Waals surface area contributed by atoms with Crippen molar-refractivity contribution in [3.63, 3.8) is 0 Å². The molecule has 0 saturated carbocycles. The van der Waals surface area contributed by atoms with Crippen LogP contribution in [0.5, 0.6) is 0 Å². The third kappa shape index (κ3) is 12.7. The van der Waals surface area contributed by atoms with Gasteiger partial charge >= 0.3 is 19.2 Å². The van der Waals surface area contributed by atoms with Gasteiger partial charge in [0.1, 0.15) is 42.7 Å². The van der Waals surface area contributed by atoms with Gasteiger partial charge in [-0.2, -0.15) is 9.97 Å². The molecule has 2 aliphatic heterocycles. The number of aliphatic hydroxyl groups excluding tert-OH is 1. The van der Waals surface area contributed by atoms with E-state index < -0.39 is 99.7 Å². The Morgan fingerprint density at radius 1 is 0.746 bits per heavy atom. The maximum atomic E-state index is 14.7. The minimum atomic E-state index is -4.76. The summed E-state index contributed by atoms with van der Waals surface area (Å²) >= 11 is 0. The molecule has 2 fully saturated rings. The molecule has 2 amide bonds. The number of hydrogen-bond acceptors (Lipinski definition) is 17. The number of methoxy groups -OCH3 is 2. The van der Waals surface area contributed by atoms with Gasteiger partial charge < -0.3 is 49.0 Å². The van der Waals surface area contributed by atoms with Crippen molar-refractivity contribution >= 4 is 31.3 Å². The fraction of sp³-hybridized carbons (Fsp3) is 0.477. The molecule has 2 aliphatic rings. The summed E-state index contributed by atoms with van der Waals surface area (Å²) in [5, 5.41) is 15.9. The first kappa shape index (κ1) is 50.9. The maximum Gasteiger partial charge on any atom is 0.475 e. The van der Waals surface area contributed by atoms with Gasteiger partial charge in [0, 0.05) is 54.8 Å². The minimum absolute atomic E-state index is 0.000115. The fourth-order valence-electron chi connectivity index (χ4n) is 7.32. The van der Waals surface area contributed by atoms with Crippen molar-refractivity contribution in [3.8, 4) is 0 Å². The molecular weight excluding hydrogens is 897 g/mol. The zero-order valence-electron chi connectivity index (χ0n) is 37.5. The molecule has 0 bridgehead atoms. The van der Waals surface area contributed by atoms with Gasteiger partial charge in [0.15, 0.2) is 12.5 Å². The van der Waals surface area contributed by atoms with Crippen molar-refractivity contribution < 1.29 is 61.3 Å². The number of ether oxygens (including phenoxy) is 6. The number of hydrogen-bond donors (Lipinski definition) is 3. The van der Waals surface area contributed by atoms with Crippen molar-refractivity contribution in [2.75, 3.05) is 77.6 Å². The van der Waals surface area contributed by atoms with Crippen LogP contribution in [-0.2, 0) is 46.6 Å². The number of carbonyl (C=O) groups excluding carboxylic acids is 2. The SMILES string of the molecule is [C-]#[N+]CCOP(=O)(OC[C@H]1O[C@@H](n2cc(C)c(NC(=O)c3ccccc3)nc2=O)[C@@H](OCCOC)C1C)OC1[C@@H](CO)O[C@@H](n2cc(C)c(NC(=O)c3ccccc3)nc2=O)[C@H]1OCCOC. The highest BCUT2D eigenvalue weighted by molar-refractivity contribution is 7.48. The second-order valence-electron chi connectivity index (χ2n) is 15.4. The van der Waals surface area contributed by atoms with E-state index in [4.69, 9.17) is 48.6 Å². The summed E-state index contributed by atoms with van der Waals surface area (Å²) < 4.78 is 70.0. The van der Waals surface area contributed by atoms with E-state index in [0.29, 0.717) is 22.3 Å². The highest BCUT2D eigenvalue weighted by Gasteiger charge is 2.52. The first-order valence-electron chi connectivity index (χ1n) is 21.3. The van der Waals surface area contributed by atoms with Gasteiger partial charge in [0.05, 0.1) is 45.7 Å². The Morgan fingerprint density at radius 3 is 1.73 bits per heavy atom. The van der Waals surface area contributed by atoms with Gasteiger partial charge in [0.25, 0.3) is 11.8 Å². The first-order valence-corrected chi connectivity index (χ1v) is 22.7. The molecule has 0 spiro atoms. The highest BCUT2D eigenvalue weighted by Crippen LogP contribution is 2.54. The predicted molar refractivity (Wildman–Crippen MR) is 238 cm³/mol. The standard InChI is InChI=1S/C44H54N7O15P/c1-27-23-50(43(55)48-37(27)46-39(53)30-13-9-7-10-14-30)41-34(60-21-19-58-5)29(3)33(65-41)26-63-67(57,62-18-17-45-4)66-35-32(25-52)64-42(36(35)61-22-20-59-6)51-24-28(2)38(49-44(51)56)47-40(54)31-15-11-8-12-16-31/h7-16,23-24,29,32-36,41-42,52H,17-22,25-26H2,1-3,5-6H3,(H,46,48,53,55)(H,47,49,54,56)/t29?,32-,33-,34+,35?,36+,41-,42-,67?/m1/s1. The normalized spacial score (nSPS) is 23.4. The number of aliphatic hydroxyl groups is 1. The number of nitrogens with one attached hydrogen (secondary N) is 2. The largest absolute Gasteiger partial charge is 0.475 e. The number of benzene rings is 2. The Balaban J connectivity index is 1.24. The average molecular weight is 952 g/mol. The molecule has 6 rings (SSSR count). The first-order chi connectivity index (χ1) is 32.3. The van der Waals surface area contributed by atoms with E-state index in [1.54, 1.807) is 81.4 Å². The van der Waals surface area contributed by atoms with Gasteiger partial charge in [0.2, 0.25) is 6.54 Å². The molecule has 3 unspecified atom stereocenters. The van der Waals surface area contributed by atoms with E-state index in [1.165, 1.54) is 31.2 Å². The molecule has 2 saturated heterocycles. The number of phosphoric ester groups is 1. The topological polar surface area (TPSA) is 253 Å². The number of amides is 2. The third-order valence-electron chi connectivity index (χ3n) is 10.8. The number of aromatic nitrogens is 4. The Morgan fingerprint density at radius 2 is 1.24 bits per heavy atom. The molecule has 0 radical (unpaired) electrons. The lowest BCUT2D eigenvalue weighted by molar-refractivity contribution is -0.0850. The number of anilines is 2. The number of carbonyl (C=O) groups is 2. The quantitative estimate of drug-likeness (QED) is 0.0546. The van der Waals surface area contributed by atoms with Crippen LogP contribution in [0.1, 0.15) is 51.2 Å². The lowest BCUT2D eigenvalue weighted by Crippen LogP contribution is -2.40. The monoisotopic (exact) mass is 951 g/mol. The summed E-state index contributed by atoms with van der Waals surface area (Å²) in [7, 11) is -1.80.